The molecule has 0 radical (unpaired) electrons. The van der Waals surface area contributed by atoms with Crippen LogP contribution in [0.1, 0.15) is 77.6 Å². The van der Waals surface area contributed by atoms with Crippen LogP contribution >= 0.6 is 0 Å². The van der Waals surface area contributed by atoms with E-state index in [4.69, 9.17) is 4.74 Å². The van der Waals surface area contributed by atoms with Crippen LogP contribution in [0.2, 0.25) is 0 Å². The number of nitrogens with zero attached hydrogens (tertiary/aromatic N) is 6. The highest BCUT2D eigenvalue weighted by atomic mass is 32.2. The third-order valence-corrected chi connectivity index (χ3v) is 17.6. The van der Waals surface area contributed by atoms with Crippen molar-refractivity contribution in [3.05, 3.63) is 87.0 Å². The first-order chi connectivity index (χ1) is 47.9. The van der Waals surface area contributed by atoms with Crippen molar-refractivity contribution in [2.75, 3.05) is 123 Å². The van der Waals surface area contributed by atoms with E-state index >= 15 is 0 Å². The van der Waals surface area contributed by atoms with Crippen LogP contribution in [0, 0.1) is 20.8 Å². The number of fused-ring (bicyclic) bond motifs is 1. The maximum atomic E-state index is 13.9. The average Bonchev–Trinajstić information content (AvgIpc) is 1.12. The zero-order valence-corrected chi connectivity index (χ0v) is 57.2. The van der Waals surface area contributed by atoms with E-state index in [1.165, 1.54) is 12.3 Å². The van der Waals surface area contributed by atoms with Gasteiger partial charge in [0.15, 0.2) is 5.95 Å². The largest absolute Gasteiger partial charge is 0.481 e. The van der Waals surface area contributed by atoms with Crippen LogP contribution in [0.4, 0.5) is 5.95 Å². The molecular weight excluding hydrogens is 1350 g/mol. The second-order valence-corrected chi connectivity index (χ2v) is 25.8. The molecule has 16 N–H and O–H groups in total. The molecule has 4 aromatic rings. The van der Waals surface area contributed by atoms with Gasteiger partial charge in [-0.05, 0) is 68.9 Å². The number of imidazole rings is 1. The minimum absolute atomic E-state index is 0.0512. The van der Waals surface area contributed by atoms with E-state index in [1.54, 1.807) is 81.6 Å². The van der Waals surface area contributed by atoms with Gasteiger partial charge >= 0.3 is 35.8 Å². The minimum atomic E-state index is -4.39. The molecule has 2 aromatic carbocycles. The van der Waals surface area contributed by atoms with E-state index in [0.717, 1.165) is 11.1 Å². The van der Waals surface area contributed by atoms with Gasteiger partial charge in [0, 0.05) is 148 Å². The average molecular weight is 1440 g/mol. The number of carboxylic acid groups (broad SMARTS) is 6. The molecule has 5 amide bonds. The van der Waals surface area contributed by atoms with Crippen molar-refractivity contribution in [3.63, 3.8) is 0 Å². The van der Waals surface area contributed by atoms with Crippen molar-refractivity contribution in [2.45, 2.75) is 108 Å². The maximum Gasteiger partial charge on any atom is 0.323 e. The number of benzene rings is 2. The number of aryl methyl sites for hydroxylation is 4. The Morgan fingerprint density at radius 1 is 0.634 bits per heavy atom. The lowest BCUT2D eigenvalue weighted by Crippen LogP contribution is -2.57. The molecule has 37 nitrogen and oxygen atoms in total. The minimum Gasteiger partial charge on any atom is -0.481 e. The summed E-state index contributed by atoms with van der Waals surface area (Å²) < 4.78 is 36.3. The van der Waals surface area contributed by atoms with Crippen LogP contribution in [-0.4, -0.2) is 286 Å². The van der Waals surface area contributed by atoms with Crippen LogP contribution in [0.15, 0.2) is 58.6 Å². The Hall–Kier alpha value is -9.54. The van der Waals surface area contributed by atoms with Gasteiger partial charge in [0.1, 0.15) is 23.9 Å². The number of anilines is 1. The molecule has 1 aliphatic heterocycles. The molecule has 101 heavy (non-hydrogen) atoms. The Morgan fingerprint density at radius 2 is 1.16 bits per heavy atom. The summed E-state index contributed by atoms with van der Waals surface area (Å²) in [6, 6.07) is 3.00. The lowest BCUT2D eigenvalue weighted by atomic mass is 10.1. The second kappa shape index (κ2) is 41.3. The Balaban J connectivity index is 1.05. The molecule has 0 aliphatic carbocycles. The molecule has 3 heterocycles. The number of H-pyrrole nitrogens is 1. The number of carbonyl (C=O) groups excluding carboxylic acids is 5. The quantitative estimate of drug-likeness (QED) is 0.0155. The van der Waals surface area contributed by atoms with Gasteiger partial charge in [-0.15, -0.1) is 0 Å². The number of ether oxygens (including phenoxy) is 1. The summed E-state index contributed by atoms with van der Waals surface area (Å²) in [5.74, 6) is -11.4. The van der Waals surface area contributed by atoms with Crippen LogP contribution in [0.5, 0.6) is 0 Å². The number of aliphatic hydroxyl groups is 1. The van der Waals surface area contributed by atoms with Crippen LogP contribution < -0.4 is 47.4 Å². The van der Waals surface area contributed by atoms with Crippen molar-refractivity contribution in [1.29, 1.82) is 0 Å². The maximum absolute atomic E-state index is 13.9. The Kier molecular flexibility index (Phi) is 33.6. The third kappa shape index (κ3) is 29.3. The molecule has 556 valence electrons. The van der Waals surface area contributed by atoms with Crippen LogP contribution in [0.25, 0.3) is 10.9 Å². The van der Waals surface area contributed by atoms with Gasteiger partial charge in [0.25, 0.3) is 5.91 Å². The summed E-state index contributed by atoms with van der Waals surface area (Å²) in [5, 5.41) is 87.4. The van der Waals surface area contributed by atoms with E-state index in [0.29, 0.717) is 35.6 Å². The number of β-amino-alcohol motifs (C(OH)–C–C–N with tert-alkyl or cyclic N) is 1. The van der Waals surface area contributed by atoms with Crippen molar-refractivity contribution in [3.8, 4) is 0 Å². The highest BCUT2D eigenvalue weighted by molar-refractivity contribution is 7.89. The van der Waals surface area contributed by atoms with E-state index in [9.17, 15) is 102 Å². The number of carboxylic acids is 6. The molecule has 0 spiro atoms. The fourth-order valence-electron chi connectivity index (χ4n) is 11.0. The predicted octanol–water partition coefficient (Wildman–Crippen LogP) is -3.07. The first-order valence-corrected chi connectivity index (χ1v) is 34.0. The molecule has 1 fully saturated rings. The molecule has 1 aliphatic rings. The summed E-state index contributed by atoms with van der Waals surface area (Å²) in [6.45, 7) is 4.53. The smallest absolute Gasteiger partial charge is 0.323 e. The van der Waals surface area contributed by atoms with Crippen molar-refractivity contribution >= 4 is 92.2 Å². The number of carbonyl (C=O) groups is 11. The normalized spacial score (nSPS) is 15.0. The van der Waals surface area contributed by atoms with Gasteiger partial charge in [-0.3, -0.25) is 82.5 Å². The molecule has 0 bridgehead atoms. The Morgan fingerprint density at radius 3 is 1.67 bits per heavy atom. The number of aliphatic carboxylic acids is 6. The van der Waals surface area contributed by atoms with Crippen LogP contribution in [0.3, 0.4) is 0 Å². The molecule has 1 unspecified atom stereocenters. The van der Waals surface area contributed by atoms with E-state index in [1.807, 2.05) is 0 Å². The highest BCUT2D eigenvalue weighted by Crippen LogP contribution is 2.23. The monoisotopic (exact) mass is 1440 g/mol. The van der Waals surface area contributed by atoms with Gasteiger partial charge in [-0.1, -0.05) is 23.8 Å². The van der Waals surface area contributed by atoms with Crippen molar-refractivity contribution in [1.82, 2.24) is 70.8 Å². The fraction of sp³-hybridized carbons (Fsp3) is 0.540. The number of pyridine rings is 1. The number of aromatic nitrogens is 3. The molecular formula is C63H91N15O22S. The number of rotatable bonds is 42. The highest BCUT2D eigenvalue weighted by Gasteiger charge is 2.33. The summed E-state index contributed by atoms with van der Waals surface area (Å²) >= 11 is 0. The predicted molar refractivity (Wildman–Crippen MR) is 360 cm³/mol. The third-order valence-electron chi connectivity index (χ3n) is 15.9. The number of hydrogen-bond donors (Lipinski definition) is 16. The Bertz CT molecular complexity index is 3650. The van der Waals surface area contributed by atoms with Gasteiger partial charge < -0.3 is 81.9 Å². The first-order valence-electron chi connectivity index (χ1n) is 32.5. The number of amides is 5. The first kappa shape index (κ1) is 82.1. The molecule has 5 rings (SSSR count). The zero-order chi connectivity index (χ0) is 74.3. The van der Waals surface area contributed by atoms with Gasteiger partial charge in [0.05, 0.1) is 48.9 Å². The van der Waals surface area contributed by atoms with Gasteiger partial charge in [-0.2, -0.15) is 4.72 Å². The Labute approximate surface area is 580 Å². The van der Waals surface area contributed by atoms with E-state index in [2.05, 4.69) is 51.9 Å². The summed E-state index contributed by atoms with van der Waals surface area (Å²) in [7, 11) is -4.39. The molecule has 38 heteroatoms. The summed E-state index contributed by atoms with van der Waals surface area (Å²) in [5.41, 5.74) is 1.71. The molecule has 1 saturated heterocycles. The fourth-order valence-corrected chi connectivity index (χ4v) is 12.7. The number of aliphatic hydroxyl groups excluding tert-OH is 1. The van der Waals surface area contributed by atoms with Gasteiger partial charge in [-0.25, -0.2) is 13.4 Å². The van der Waals surface area contributed by atoms with E-state index in [-0.39, 0.29) is 146 Å². The SMILES string of the molecule is Cc1cc(C)c(S(=O)(=O)N[C@@H](CNC(=O)c2cn(CCCNC(=O)CCC(=O)NCCCOCCCNC(=O)[C@@H](CC(=O)O)NC(=O)[C@@H](CC(=O)O)NC(O)CN3CCN(CC(=O)O)CCN(CC(=O)O)CCN(CC(=O)O)CC3)c3cc(CNc4ncc[nH]4)ccc3c2=O)C(=O)O)c(C)c1. The summed E-state index contributed by atoms with van der Waals surface area (Å²) in [4.78, 5) is 164. The molecule has 0 saturated carbocycles. The van der Waals surface area contributed by atoms with E-state index < -0.39 is 138 Å². The second-order valence-electron chi connectivity index (χ2n) is 24.1. The summed E-state index contributed by atoms with van der Waals surface area (Å²) in [6.07, 6.45) is 1.53. The molecule has 4 atom stereocenters. The lowest BCUT2D eigenvalue weighted by Gasteiger charge is -2.34. The number of sulfonamides is 1. The lowest BCUT2D eigenvalue weighted by molar-refractivity contribution is -0.143. The standard InChI is InChI=1S/C63H91N15O22S/c1-39-27-40(2)58(41(3)28-39)101(98,99)73-47(62(96)97)33-69-59(93)44-34-78(48-29-42(7-8-43(48)57(44)92)32-70-63-67-14-15-68-63)16-4-11-64-49(79)9-10-50(80)65-12-5-25-100-26-6-13-66-60(94)45(30-52(82)83)72-61(95)46(31-53(84)85)71-51(81)35-74-17-19-75(36-54(86)87)21-23-77(38-56(90)91)24-22-76(20-18-74)37-55(88)89/h7-8,14-15,27-29,34,45-47,51,71,73,81H,4-6,9-13,16-26,30-33,35-38H2,1-3H3,(H,64,79)(H,65,80)(H,66,94)(H,69,93)(H,72,95)(H,82,83)(H,84,85)(H,86,87)(H,88,89)(H,90,91)(H,96,97)(H2,67,68,70)/t45-,46-,47+,51?/m1/s1. The zero-order valence-electron chi connectivity index (χ0n) is 56.4. The van der Waals surface area contributed by atoms with Crippen molar-refractivity contribution < 1.29 is 102 Å². The number of aromatic amines is 1. The number of nitrogens with one attached hydrogen (secondary N) is 9. The molecule has 2 aromatic heterocycles. The van der Waals surface area contributed by atoms with Crippen molar-refractivity contribution in [2.24, 2.45) is 0 Å². The number of hydrogen-bond acceptors (Lipinski definition) is 23. The topological polar surface area (TPSA) is 533 Å². The van der Waals surface area contributed by atoms with Crippen LogP contribution in [-0.2, 0) is 75.8 Å². The van der Waals surface area contributed by atoms with Gasteiger partial charge in [0.2, 0.25) is 39.1 Å².